The molecule has 1 saturated carbocycles. The minimum absolute atomic E-state index is 0.0578. The Bertz CT molecular complexity index is 1280. The predicted octanol–water partition coefficient (Wildman–Crippen LogP) is 5.86. The number of anilines is 1. The molecule has 0 bridgehead atoms. The van der Waals surface area contributed by atoms with E-state index in [1.165, 1.54) is 10.7 Å². The van der Waals surface area contributed by atoms with Crippen molar-refractivity contribution in [2.45, 2.75) is 38.7 Å². The second kappa shape index (κ2) is 8.15. The fraction of sp³-hybridized carbons (Fsp3) is 0.240. The molecule has 2 aromatic heterocycles. The van der Waals surface area contributed by atoms with Crippen LogP contribution in [0.3, 0.4) is 0 Å². The van der Waals surface area contributed by atoms with Crippen LogP contribution in [-0.2, 0) is 11.3 Å². The summed E-state index contributed by atoms with van der Waals surface area (Å²) in [5, 5.41) is 7.54. The van der Waals surface area contributed by atoms with Crippen molar-refractivity contribution in [2.24, 2.45) is 0 Å². The molecule has 32 heavy (non-hydrogen) atoms. The summed E-state index contributed by atoms with van der Waals surface area (Å²) in [7, 11) is 0. The van der Waals surface area contributed by atoms with Crippen LogP contribution in [0.15, 0.2) is 60.7 Å². The summed E-state index contributed by atoms with van der Waals surface area (Å²) in [5.41, 5.74) is 4.19. The van der Waals surface area contributed by atoms with E-state index in [1.807, 2.05) is 54.6 Å². The zero-order valence-electron chi connectivity index (χ0n) is 17.6. The summed E-state index contributed by atoms with van der Waals surface area (Å²) in [6.07, 6.45) is -0.715. The quantitative estimate of drug-likeness (QED) is 0.415. The van der Waals surface area contributed by atoms with Crippen molar-refractivity contribution in [1.29, 1.82) is 0 Å². The number of aryl methyl sites for hydroxylation is 1. The number of hydrogen-bond donors (Lipinski definition) is 1. The lowest BCUT2D eigenvalue weighted by atomic mass is 10.1. The monoisotopic (exact) mass is 432 g/mol. The Kier molecular flexibility index (Phi) is 5.17. The van der Waals surface area contributed by atoms with Gasteiger partial charge in [0.1, 0.15) is 6.54 Å². The minimum Gasteiger partial charge on any atom is -0.324 e. The number of nitrogens with one attached hydrogen (secondary N) is 1. The highest BCUT2D eigenvalue weighted by molar-refractivity contribution is 5.92. The molecule has 2 heterocycles. The Hall–Kier alpha value is -3.61. The molecule has 1 aliphatic rings. The van der Waals surface area contributed by atoms with Gasteiger partial charge in [0.05, 0.1) is 11.1 Å². The molecule has 1 amide bonds. The first kappa shape index (κ1) is 20.3. The van der Waals surface area contributed by atoms with Crippen LogP contribution in [0, 0.1) is 6.92 Å². The number of carbonyl (C=O) groups excluding carboxylic acids is 1. The molecule has 1 fully saturated rings. The van der Waals surface area contributed by atoms with Gasteiger partial charge in [0.25, 0.3) is 6.43 Å². The van der Waals surface area contributed by atoms with Crippen molar-refractivity contribution in [3.8, 4) is 11.1 Å². The average Bonchev–Trinajstić information content (AvgIpc) is 3.60. The summed E-state index contributed by atoms with van der Waals surface area (Å²) in [5.74, 6) is -0.0726. The number of hydrogen-bond acceptors (Lipinski definition) is 3. The smallest absolute Gasteiger partial charge is 0.264 e. The molecule has 2 aromatic carbocycles. The van der Waals surface area contributed by atoms with Crippen LogP contribution in [0.1, 0.15) is 42.1 Å². The number of halogens is 2. The third kappa shape index (κ3) is 3.98. The minimum atomic E-state index is -2.62. The summed E-state index contributed by atoms with van der Waals surface area (Å²) < 4.78 is 28.8. The van der Waals surface area contributed by atoms with Crippen molar-refractivity contribution in [1.82, 2.24) is 14.8 Å². The van der Waals surface area contributed by atoms with E-state index in [0.717, 1.165) is 24.0 Å². The van der Waals surface area contributed by atoms with Crippen LogP contribution in [0.4, 0.5) is 14.5 Å². The number of alkyl halides is 2. The van der Waals surface area contributed by atoms with Crippen LogP contribution >= 0.6 is 0 Å². The van der Waals surface area contributed by atoms with Crippen LogP contribution in [-0.4, -0.2) is 20.7 Å². The fourth-order valence-corrected chi connectivity index (χ4v) is 3.99. The topological polar surface area (TPSA) is 59.8 Å². The van der Waals surface area contributed by atoms with E-state index >= 15 is 0 Å². The van der Waals surface area contributed by atoms with E-state index in [2.05, 4.69) is 15.4 Å². The highest BCUT2D eigenvalue weighted by Gasteiger charge is 2.29. The van der Waals surface area contributed by atoms with Gasteiger partial charge in [0.15, 0.2) is 5.65 Å². The zero-order chi connectivity index (χ0) is 22.2. The van der Waals surface area contributed by atoms with Crippen molar-refractivity contribution in [3.05, 3.63) is 77.6 Å². The van der Waals surface area contributed by atoms with E-state index in [4.69, 9.17) is 0 Å². The number of rotatable bonds is 6. The summed E-state index contributed by atoms with van der Waals surface area (Å²) in [6, 6.07) is 19.0. The maximum absolute atomic E-state index is 13.7. The Morgan fingerprint density at radius 2 is 1.78 bits per heavy atom. The number of carbonyl (C=O) groups is 1. The van der Waals surface area contributed by atoms with Crippen molar-refractivity contribution in [2.75, 3.05) is 5.32 Å². The molecule has 0 saturated heterocycles. The van der Waals surface area contributed by atoms with E-state index in [-0.39, 0.29) is 23.9 Å². The molecular weight excluding hydrogens is 410 g/mol. The lowest BCUT2D eigenvalue weighted by Gasteiger charge is -2.09. The maximum atomic E-state index is 13.7. The molecule has 0 aliphatic heterocycles. The normalized spacial score (nSPS) is 13.6. The van der Waals surface area contributed by atoms with E-state index in [9.17, 15) is 13.6 Å². The predicted molar refractivity (Wildman–Crippen MR) is 120 cm³/mol. The second-order valence-electron chi connectivity index (χ2n) is 8.14. The van der Waals surface area contributed by atoms with Crippen molar-refractivity contribution in [3.63, 3.8) is 0 Å². The van der Waals surface area contributed by atoms with E-state index in [0.29, 0.717) is 28.1 Å². The molecule has 0 spiro atoms. The molecule has 5 nitrogen and oxygen atoms in total. The number of pyridine rings is 1. The van der Waals surface area contributed by atoms with Crippen LogP contribution in [0.2, 0.25) is 0 Å². The number of benzene rings is 2. The van der Waals surface area contributed by atoms with Gasteiger partial charge in [-0.1, -0.05) is 42.5 Å². The summed E-state index contributed by atoms with van der Waals surface area (Å²) in [6.45, 7) is 1.57. The first-order valence-electron chi connectivity index (χ1n) is 10.6. The average molecular weight is 432 g/mol. The Labute approximate surface area is 184 Å². The summed E-state index contributed by atoms with van der Waals surface area (Å²) in [4.78, 5) is 17.3. The fourth-order valence-electron chi connectivity index (χ4n) is 3.99. The van der Waals surface area contributed by atoms with Gasteiger partial charge in [0, 0.05) is 22.9 Å². The molecule has 5 rings (SSSR count). The largest absolute Gasteiger partial charge is 0.324 e. The molecular formula is C25H22F2N4O. The number of aromatic nitrogens is 3. The molecule has 162 valence electrons. The Morgan fingerprint density at radius 1 is 1.09 bits per heavy atom. The zero-order valence-corrected chi connectivity index (χ0v) is 17.6. The van der Waals surface area contributed by atoms with E-state index in [1.54, 1.807) is 6.92 Å². The third-order valence-electron chi connectivity index (χ3n) is 5.73. The van der Waals surface area contributed by atoms with Crippen LogP contribution in [0.25, 0.3) is 22.2 Å². The highest BCUT2D eigenvalue weighted by Crippen LogP contribution is 2.41. The van der Waals surface area contributed by atoms with Gasteiger partial charge in [-0.2, -0.15) is 5.10 Å². The number of nitrogens with zero attached hydrogens (tertiary/aromatic N) is 3. The molecule has 0 unspecified atom stereocenters. The van der Waals surface area contributed by atoms with Gasteiger partial charge in [-0.25, -0.2) is 18.4 Å². The van der Waals surface area contributed by atoms with Crippen LogP contribution < -0.4 is 5.32 Å². The lowest BCUT2D eigenvalue weighted by Crippen LogP contribution is -2.20. The first-order valence-corrected chi connectivity index (χ1v) is 10.6. The highest BCUT2D eigenvalue weighted by atomic mass is 19.3. The van der Waals surface area contributed by atoms with Gasteiger partial charge in [-0.05, 0) is 49.1 Å². The van der Waals surface area contributed by atoms with Crippen LogP contribution in [0.5, 0.6) is 0 Å². The first-order chi connectivity index (χ1) is 15.5. The van der Waals surface area contributed by atoms with Gasteiger partial charge in [0.2, 0.25) is 5.91 Å². The van der Waals surface area contributed by atoms with Crippen molar-refractivity contribution >= 4 is 22.6 Å². The van der Waals surface area contributed by atoms with E-state index < -0.39 is 6.43 Å². The molecule has 1 aliphatic carbocycles. The molecule has 0 radical (unpaired) electrons. The SMILES string of the molecule is Cc1nn(CC(=O)Nc2ccc(-c3ccccc3)cc2)c2nc(C3CC3)cc(C(F)F)c12. The van der Waals surface area contributed by atoms with Crippen molar-refractivity contribution < 1.29 is 13.6 Å². The third-order valence-corrected chi connectivity index (χ3v) is 5.73. The van der Waals surface area contributed by atoms with Gasteiger partial charge in [-0.3, -0.25) is 4.79 Å². The second-order valence-corrected chi connectivity index (χ2v) is 8.14. The number of fused-ring (bicyclic) bond motifs is 1. The Morgan fingerprint density at radius 3 is 2.44 bits per heavy atom. The van der Waals surface area contributed by atoms with Gasteiger partial charge >= 0.3 is 0 Å². The standard InChI is InChI=1S/C25H22F2N4O/c1-15-23-20(24(26)27)13-21(18-7-8-18)29-25(23)31(30-15)14-22(32)28-19-11-9-17(10-12-19)16-5-3-2-4-6-16/h2-6,9-13,18,24H,7-8,14H2,1H3,(H,28,32). The maximum Gasteiger partial charge on any atom is 0.264 e. The lowest BCUT2D eigenvalue weighted by molar-refractivity contribution is -0.116. The molecule has 0 atom stereocenters. The Balaban J connectivity index is 1.38. The van der Waals surface area contributed by atoms with Gasteiger partial charge < -0.3 is 5.32 Å². The summed E-state index contributed by atoms with van der Waals surface area (Å²) >= 11 is 0. The van der Waals surface area contributed by atoms with Gasteiger partial charge in [-0.15, -0.1) is 0 Å². The molecule has 7 heteroatoms. The number of amides is 1. The molecule has 1 N–H and O–H groups in total. The molecule has 4 aromatic rings.